The van der Waals surface area contributed by atoms with Crippen LogP contribution in [-0.4, -0.2) is 22.6 Å². The number of methoxy groups -OCH3 is 1. The molecule has 0 saturated heterocycles. The molecule has 110 valence electrons. The number of ether oxygens (including phenoxy) is 1. The molecule has 0 saturated carbocycles. The van der Waals surface area contributed by atoms with Crippen LogP contribution >= 0.6 is 0 Å². The Hall–Kier alpha value is -2.88. The van der Waals surface area contributed by atoms with Gasteiger partial charge >= 0.3 is 0 Å². The summed E-state index contributed by atoms with van der Waals surface area (Å²) in [5.74, 6) is 1.37. The standard InChI is InChI=1S/C18H16N2O2/c1-13-19-16-5-3-4-6-17(16)20(13)18(21)12-9-14-7-10-15(22-2)11-8-14/h3-12H,1-2H3/b12-9+. The Bertz CT molecular complexity index is 845. The van der Waals surface area contributed by atoms with Gasteiger partial charge in [0.15, 0.2) is 0 Å². The Balaban J connectivity index is 1.89. The molecule has 0 aliphatic carbocycles. The molecule has 1 aromatic heterocycles. The van der Waals surface area contributed by atoms with E-state index in [-0.39, 0.29) is 5.91 Å². The van der Waals surface area contributed by atoms with Crippen LogP contribution in [0.25, 0.3) is 17.1 Å². The number of aromatic nitrogens is 2. The van der Waals surface area contributed by atoms with Crippen molar-refractivity contribution in [1.29, 1.82) is 0 Å². The van der Waals surface area contributed by atoms with Gasteiger partial charge in [0.05, 0.1) is 18.1 Å². The molecule has 4 heteroatoms. The summed E-state index contributed by atoms with van der Waals surface area (Å²) >= 11 is 0. The SMILES string of the molecule is COc1ccc(/C=C/C(=O)n2c(C)nc3ccccc32)cc1. The summed E-state index contributed by atoms with van der Waals surface area (Å²) < 4.78 is 6.73. The lowest BCUT2D eigenvalue weighted by Crippen LogP contribution is -2.08. The maximum absolute atomic E-state index is 12.4. The van der Waals surface area contributed by atoms with E-state index in [1.54, 1.807) is 23.8 Å². The van der Waals surface area contributed by atoms with Gasteiger partial charge in [-0.1, -0.05) is 24.3 Å². The van der Waals surface area contributed by atoms with Gasteiger partial charge in [0.2, 0.25) is 0 Å². The number of hydrogen-bond acceptors (Lipinski definition) is 3. The van der Waals surface area contributed by atoms with E-state index in [4.69, 9.17) is 4.74 Å². The molecule has 4 nitrogen and oxygen atoms in total. The maximum atomic E-state index is 12.4. The highest BCUT2D eigenvalue weighted by Crippen LogP contribution is 2.16. The number of carbonyl (C=O) groups is 1. The number of allylic oxidation sites excluding steroid dienone is 1. The predicted molar refractivity (Wildman–Crippen MR) is 87.1 cm³/mol. The number of fused-ring (bicyclic) bond motifs is 1. The van der Waals surface area contributed by atoms with Gasteiger partial charge in [-0.25, -0.2) is 4.98 Å². The van der Waals surface area contributed by atoms with Crippen LogP contribution in [0.5, 0.6) is 5.75 Å². The first-order valence-electron chi connectivity index (χ1n) is 6.99. The highest BCUT2D eigenvalue weighted by molar-refractivity contribution is 5.99. The average molecular weight is 292 g/mol. The molecular formula is C18H16N2O2. The third-order valence-corrected chi connectivity index (χ3v) is 3.48. The van der Waals surface area contributed by atoms with E-state index in [9.17, 15) is 4.79 Å². The van der Waals surface area contributed by atoms with Gasteiger partial charge in [0.1, 0.15) is 11.6 Å². The van der Waals surface area contributed by atoms with E-state index >= 15 is 0 Å². The summed E-state index contributed by atoms with van der Waals surface area (Å²) in [6.07, 6.45) is 3.35. The number of hydrogen-bond donors (Lipinski definition) is 0. The van der Waals surface area contributed by atoms with Crippen LogP contribution in [0.1, 0.15) is 16.2 Å². The van der Waals surface area contributed by atoms with E-state index < -0.39 is 0 Å². The lowest BCUT2D eigenvalue weighted by Gasteiger charge is -2.02. The second-order valence-corrected chi connectivity index (χ2v) is 4.93. The van der Waals surface area contributed by atoms with Crippen molar-refractivity contribution >= 4 is 23.0 Å². The van der Waals surface area contributed by atoms with Gasteiger partial charge in [-0.05, 0) is 42.8 Å². The molecule has 3 rings (SSSR count). The minimum atomic E-state index is -0.109. The van der Waals surface area contributed by atoms with Crippen LogP contribution in [0.15, 0.2) is 54.6 Å². The summed E-state index contributed by atoms with van der Waals surface area (Å²) in [5, 5.41) is 0. The summed E-state index contributed by atoms with van der Waals surface area (Å²) in [6.45, 7) is 1.83. The number of para-hydroxylation sites is 2. The lowest BCUT2D eigenvalue weighted by atomic mass is 10.2. The van der Waals surface area contributed by atoms with Crippen molar-refractivity contribution in [3.8, 4) is 5.75 Å². The van der Waals surface area contributed by atoms with Crippen LogP contribution in [-0.2, 0) is 0 Å². The molecule has 3 aromatic rings. The third-order valence-electron chi connectivity index (χ3n) is 3.48. The zero-order valence-electron chi connectivity index (χ0n) is 12.5. The van der Waals surface area contributed by atoms with Crippen LogP contribution < -0.4 is 4.74 Å². The molecule has 2 aromatic carbocycles. The largest absolute Gasteiger partial charge is 0.497 e. The summed E-state index contributed by atoms with van der Waals surface area (Å²) in [5.41, 5.74) is 2.59. The molecule has 0 aliphatic heterocycles. The molecule has 0 spiro atoms. The van der Waals surface area contributed by atoms with Gasteiger partial charge in [-0.2, -0.15) is 0 Å². The number of carbonyl (C=O) groups excluding carboxylic acids is 1. The molecule has 22 heavy (non-hydrogen) atoms. The fraction of sp³-hybridized carbons (Fsp3) is 0.111. The first kappa shape index (κ1) is 14.1. The first-order chi connectivity index (χ1) is 10.7. The summed E-state index contributed by atoms with van der Waals surface area (Å²) in [4.78, 5) is 16.9. The Morgan fingerprint density at radius 3 is 2.59 bits per heavy atom. The van der Waals surface area contributed by atoms with Crippen molar-refractivity contribution in [2.24, 2.45) is 0 Å². The highest BCUT2D eigenvalue weighted by atomic mass is 16.5. The van der Waals surface area contributed by atoms with Gasteiger partial charge in [0, 0.05) is 6.08 Å². The quantitative estimate of drug-likeness (QED) is 0.691. The van der Waals surface area contributed by atoms with E-state index in [1.165, 1.54) is 0 Å². The Morgan fingerprint density at radius 2 is 1.86 bits per heavy atom. The Morgan fingerprint density at radius 1 is 1.14 bits per heavy atom. The monoisotopic (exact) mass is 292 g/mol. The first-order valence-corrected chi connectivity index (χ1v) is 6.99. The van der Waals surface area contributed by atoms with Crippen molar-refractivity contribution in [2.45, 2.75) is 6.92 Å². The molecular weight excluding hydrogens is 276 g/mol. The number of benzene rings is 2. The van der Waals surface area contributed by atoms with Crippen molar-refractivity contribution in [1.82, 2.24) is 9.55 Å². The molecule has 0 aliphatic rings. The minimum absolute atomic E-state index is 0.109. The van der Waals surface area contributed by atoms with Crippen molar-refractivity contribution < 1.29 is 9.53 Å². The van der Waals surface area contributed by atoms with E-state index in [0.717, 1.165) is 22.3 Å². The Labute approximate surface area is 128 Å². The second-order valence-electron chi connectivity index (χ2n) is 4.93. The smallest absolute Gasteiger partial charge is 0.256 e. The molecule has 0 bridgehead atoms. The van der Waals surface area contributed by atoms with Crippen LogP contribution in [0, 0.1) is 6.92 Å². The second kappa shape index (κ2) is 5.85. The van der Waals surface area contributed by atoms with E-state index in [0.29, 0.717) is 5.82 Å². The molecule has 0 atom stereocenters. The lowest BCUT2D eigenvalue weighted by molar-refractivity contribution is 0.0972. The molecule has 0 unspecified atom stereocenters. The average Bonchev–Trinajstić information content (AvgIpc) is 2.89. The van der Waals surface area contributed by atoms with Gasteiger partial charge in [-0.15, -0.1) is 0 Å². The van der Waals surface area contributed by atoms with Crippen molar-refractivity contribution in [3.05, 3.63) is 66.0 Å². The third kappa shape index (κ3) is 2.63. The van der Waals surface area contributed by atoms with Crippen LogP contribution in [0.3, 0.4) is 0 Å². The predicted octanol–water partition coefficient (Wildman–Crippen LogP) is 3.71. The summed E-state index contributed by atoms with van der Waals surface area (Å²) in [6, 6.07) is 15.2. The van der Waals surface area contributed by atoms with Crippen LogP contribution in [0.4, 0.5) is 0 Å². The van der Waals surface area contributed by atoms with Crippen molar-refractivity contribution in [2.75, 3.05) is 7.11 Å². The van der Waals surface area contributed by atoms with Gasteiger partial charge in [-0.3, -0.25) is 9.36 Å². The van der Waals surface area contributed by atoms with Crippen LogP contribution in [0.2, 0.25) is 0 Å². The van der Waals surface area contributed by atoms with E-state index in [1.807, 2.05) is 55.5 Å². The molecule has 0 N–H and O–H groups in total. The number of aryl methyl sites for hydroxylation is 1. The fourth-order valence-corrected chi connectivity index (χ4v) is 2.38. The normalized spacial score (nSPS) is 11.2. The maximum Gasteiger partial charge on any atom is 0.256 e. The zero-order valence-corrected chi connectivity index (χ0v) is 12.5. The summed E-state index contributed by atoms with van der Waals surface area (Å²) in [7, 11) is 1.63. The topological polar surface area (TPSA) is 44.1 Å². The molecule has 0 fully saturated rings. The van der Waals surface area contributed by atoms with Crippen molar-refractivity contribution in [3.63, 3.8) is 0 Å². The minimum Gasteiger partial charge on any atom is -0.497 e. The highest BCUT2D eigenvalue weighted by Gasteiger charge is 2.11. The zero-order chi connectivity index (χ0) is 15.5. The number of nitrogens with zero attached hydrogens (tertiary/aromatic N) is 2. The van der Waals surface area contributed by atoms with Gasteiger partial charge in [0.25, 0.3) is 5.91 Å². The van der Waals surface area contributed by atoms with E-state index in [2.05, 4.69) is 4.98 Å². The molecule has 1 heterocycles. The number of imidazole rings is 1. The Kier molecular flexibility index (Phi) is 3.74. The number of rotatable bonds is 3. The van der Waals surface area contributed by atoms with Gasteiger partial charge < -0.3 is 4.74 Å². The fourth-order valence-electron chi connectivity index (χ4n) is 2.38. The molecule has 0 amide bonds. The molecule has 0 radical (unpaired) electrons.